The van der Waals surface area contributed by atoms with Gasteiger partial charge in [-0.2, -0.15) is 0 Å². The number of carbonyl (C=O) groups excluding carboxylic acids is 1. The van der Waals surface area contributed by atoms with Crippen molar-refractivity contribution in [3.05, 3.63) is 23.8 Å². The van der Waals surface area contributed by atoms with E-state index in [1.54, 1.807) is 0 Å². The Morgan fingerprint density at radius 1 is 1.13 bits per heavy atom. The predicted molar refractivity (Wildman–Crippen MR) is 83.6 cm³/mol. The maximum absolute atomic E-state index is 12.4. The molecule has 0 aromatic heterocycles. The highest BCUT2D eigenvalue weighted by Crippen LogP contribution is 2.31. The van der Waals surface area contributed by atoms with Gasteiger partial charge in [-0.1, -0.05) is 6.07 Å². The zero-order chi connectivity index (χ0) is 15.8. The largest absolute Gasteiger partial charge is 0.486 e. The lowest BCUT2D eigenvalue weighted by atomic mass is 10.1. The van der Waals surface area contributed by atoms with Gasteiger partial charge in [0.2, 0.25) is 5.91 Å². The van der Waals surface area contributed by atoms with Crippen molar-refractivity contribution in [3.63, 3.8) is 0 Å². The van der Waals surface area contributed by atoms with E-state index in [4.69, 9.17) is 14.2 Å². The van der Waals surface area contributed by atoms with Crippen molar-refractivity contribution in [2.45, 2.75) is 12.6 Å². The van der Waals surface area contributed by atoms with E-state index in [1.165, 1.54) is 5.56 Å². The second-order valence-electron chi connectivity index (χ2n) is 6.51. The van der Waals surface area contributed by atoms with Crippen LogP contribution >= 0.6 is 0 Å². The van der Waals surface area contributed by atoms with E-state index in [2.05, 4.69) is 17.0 Å². The molecule has 3 heterocycles. The first-order valence-corrected chi connectivity index (χ1v) is 8.16. The summed E-state index contributed by atoms with van der Waals surface area (Å²) in [5.74, 6) is 1.78. The van der Waals surface area contributed by atoms with Crippen molar-refractivity contribution in [1.29, 1.82) is 0 Å². The molecule has 4 rings (SSSR count). The van der Waals surface area contributed by atoms with Crippen LogP contribution in [0.15, 0.2) is 18.2 Å². The van der Waals surface area contributed by atoms with E-state index < -0.39 is 0 Å². The molecule has 0 spiro atoms. The van der Waals surface area contributed by atoms with Crippen LogP contribution in [0.4, 0.5) is 0 Å². The normalized spacial score (nSPS) is 27.7. The molecule has 1 aromatic carbocycles. The third kappa shape index (κ3) is 2.88. The minimum Gasteiger partial charge on any atom is -0.486 e. The quantitative estimate of drug-likeness (QED) is 0.805. The van der Waals surface area contributed by atoms with Gasteiger partial charge in [0.15, 0.2) is 11.5 Å². The lowest BCUT2D eigenvalue weighted by Crippen LogP contribution is -2.42. The molecular formula is C17H22N2O4. The maximum atomic E-state index is 12.4. The zero-order valence-electron chi connectivity index (χ0n) is 13.4. The van der Waals surface area contributed by atoms with Gasteiger partial charge >= 0.3 is 0 Å². The molecule has 6 nitrogen and oxygen atoms in total. The Hall–Kier alpha value is -1.79. The summed E-state index contributed by atoms with van der Waals surface area (Å²) in [6, 6.07) is 6.24. The summed E-state index contributed by atoms with van der Waals surface area (Å²) < 4.78 is 16.9. The highest BCUT2D eigenvalue weighted by molar-refractivity contribution is 5.79. The number of benzene rings is 1. The highest BCUT2D eigenvalue weighted by Gasteiger charge is 2.37. The molecule has 2 atom stereocenters. The monoisotopic (exact) mass is 318 g/mol. The number of rotatable bonds is 2. The van der Waals surface area contributed by atoms with Crippen molar-refractivity contribution in [3.8, 4) is 11.5 Å². The van der Waals surface area contributed by atoms with Gasteiger partial charge in [-0.25, -0.2) is 0 Å². The van der Waals surface area contributed by atoms with E-state index in [0.29, 0.717) is 26.4 Å². The zero-order valence-corrected chi connectivity index (χ0v) is 13.4. The first kappa shape index (κ1) is 14.8. The van der Waals surface area contributed by atoms with Crippen LogP contribution in [-0.2, 0) is 16.1 Å². The minimum absolute atomic E-state index is 0.0651. The van der Waals surface area contributed by atoms with E-state index in [1.807, 2.05) is 18.0 Å². The SMILES string of the molecule is CN1C(=O)[C@H]2COC[C@@H]1CN(Cc1ccc3c(c1)OCCO3)C2. The number of ether oxygens (including phenoxy) is 3. The maximum Gasteiger partial charge on any atom is 0.229 e. The van der Waals surface area contributed by atoms with Gasteiger partial charge in [0, 0.05) is 26.7 Å². The van der Waals surface area contributed by atoms with Crippen molar-refractivity contribution in [1.82, 2.24) is 9.80 Å². The van der Waals surface area contributed by atoms with E-state index in [9.17, 15) is 4.79 Å². The fourth-order valence-corrected chi connectivity index (χ4v) is 3.56. The lowest BCUT2D eigenvalue weighted by molar-refractivity contribution is -0.133. The molecule has 23 heavy (non-hydrogen) atoms. The number of hydrogen-bond donors (Lipinski definition) is 0. The number of likely N-dealkylation sites (N-methyl/N-ethyl adjacent to an activating group) is 1. The van der Waals surface area contributed by atoms with Crippen LogP contribution in [0.5, 0.6) is 11.5 Å². The molecule has 0 unspecified atom stereocenters. The van der Waals surface area contributed by atoms with Gasteiger partial charge in [-0.15, -0.1) is 0 Å². The summed E-state index contributed by atoms with van der Waals surface area (Å²) >= 11 is 0. The van der Waals surface area contributed by atoms with Crippen LogP contribution in [0.3, 0.4) is 0 Å². The summed E-state index contributed by atoms with van der Waals surface area (Å²) in [6.07, 6.45) is 0. The van der Waals surface area contributed by atoms with E-state index >= 15 is 0 Å². The van der Waals surface area contributed by atoms with Crippen molar-refractivity contribution >= 4 is 5.91 Å². The average Bonchev–Trinajstić information content (AvgIpc) is 2.74. The molecule has 2 bridgehead atoms. The molecule has 0 aliphatic carbocycles. The van der Waals surface area contributed by atoms with Crippen molar-refractivity contribution in [2.24, 2.45) is 5.92 Å². The lowest BCUT2D eigenvalue weighted by Gasteiger charge is -2.29. The number of nitrogens with zero attached hydrogens (tertiary/aromatic N) is 2. The second kappa shape index (κ2) is 6.02. The van der Waals surface area contributed by atoms with Crippen LogP contribution in [0, 0.1) is 5.92 Å². The van der Waals surface area contributed by atoms with Crippen LogP contribution < -0.4 is 9.47 Å². The molecule has 2 fully saturated rings. The smallest absolute Gasteiger partial charge is 0.229 e. The summed E-state index contributed by atoms with van der Waals surface area (Å²) in [5, 5.41) is 0. The summed E-state index contributed by atoms with van der Waals surface area (Å²) in [4.78, 5) is 16.6. The molecule has 124 valence electrons. The number of fused-ring (bicyclic) bond motifs is 4. The Morgan fingerprint density at radius 2 is 1.96 bits per heavy atom. The first-order chi connectivity index (χ1) is 11.2. The third-order valence-corrected chi connectivity index (χ3v) is 4.83. The Kier molecular flexibility index (Phi) is 3.87. The van der Waals surface area contributed by atoms with Crippen molar-refractivity contribution in [2.75, 3.05) is 46.6 Å². The van der Waals surface area contributed by atoms with Crippen LogP contribution in [0.2, 0.25) is 0 Å². The van der Waals surface area contributed by atoms with E-state index in [-0.39, 0.29) is 17.9 Å². The Labute approximate surface area is 135 Å². The van der Waals surface area contributed by atoms with Gasteiger partial charge < -0.3 is 19.1 Å². The van der Waals surface area contributed by atoms with Crippen molar-refractivity contribution < 1.29 is 19.0 Å². The molecule has 0 radical (unpaired) electrons. The molecule has 1 aromatic rings. The van der Waals surface area contributed by atoms with Crippen LogP contribution in [0.1, 0.15) is 5.56 Å². The van der Waals surface area contributed by atoms with Crippen LogP contribution in [-0.4, -0.2) is 68.3 Å². The number of amides is 1. The number of hydrogen-bond acceptors (Lipinski definition) is 5. The highest BCUT2D eigenvalue weighted by atomic mass is 16.6. The topological polar surface area (TPSA) is 51.2 Å². The fourth-order valence-electron chi connectivity index (χ4n) is 3.56. The first-order valence-electron chi connectivity index (χ1n) is 8.16. The minimum atomic E-state index is -0.0651. The van der Waals surface area contributed by atoms with Gasteiger partial charge in [0.05, 0.1) is 25.2 Å². The fraction of sp³-hybridized carbons (Fsp3) is 0.588. The van der Waals surface area contributed by atoms with Gasteiger partial charge in [0.1, 0.15) is 13.2 Å². The predicted octanol–water partition coefficient (Wildman–Crippen LogP) is 0.747. The molecule has 0 saturated carbocycles. The standard InChI is InChI=1S/C17H22N2O4/c1-18-14-9-19(8-13(17(18)20)10-21-11-14)7-12-2-3-15-16(6-12)23-5-4-22-15/h2-3,6,13-14H,4-5,7-11H2,1H3/t13-,14+/m1/s1. The molecular weight excluding hydrogens is 296 g/mol. The summed E-state index contributed by atoms with van der Waals surface area (Å²) in [7, 11) is 1.89. The Bertz CT molecular complexity index is 606. The molecule has 2 saturated heterocycles. The van der Waals surface area contributed by atoms with Gasteiger partial charge in [-0.05, 0) is 17.7 Å². The molecule has 1 amide bonds. The third-order valence-electron chi connectivity index (χ3n) is 4.83. The van der Waals surface area contributed by atoms with Crippen LogP contribution in [0.25, 0.3) is 0 Å². The Morgan fingerprint density at radius 3 is 2.83 bits per heavy atom. The molecule has 6 heteroatoms. The Balaban J connectivity index is 1.51. The molecule has 0 N–H and O–H groups in total. The van der Waals surface area contributed by atoms with E-state index in [0.717, 1.165) is 31.1 Å². The average molecular weight is 318 g/mol. The summed E-state index contributed by atoms with van der Waals surface area (Å²) in [5.41, 5.74) is 1.19. The number of carbonyl (C=O) groups is 1. The second-order valence-corrected chi connectivity index (χ2v) is 6.51. The molecule has 3 aliphatic heterocycles. The van der Waals surface area contributed by atoms with Gasteiger partial charge in [-0.3, -0.25) is 9.69 Å². The summed E-state index contributed by atoms with van der Waals surface area (Å²) in [6.45, 7) is 4.75. The molecule has 3 aliphatic rings. The van der Waals surface area contributed by atoms with Gasteiger partial charge in [0.25, 0.3) is 0 Å².